The second-order valence-corrected chi connectivity index (χ2v) is 8.51. The molecule has 0 saturated heterocycles. The Kier molecular flexibility index (Phi) is 6.43. The van der Waals surface area contributed by atoms with Gasteiger partial charge >= 0.3 is 0 Å². The van der Waals surface area contributed by atoms with Crippen LogP contribution in [-0.2, 0) is 4.79 Å². The maximum atomic E-state index is 13.7. The molecule has 31 heavy (non-hydrogen) atoms. The van der Waals surface area contributed by atoms with E-state index in [9.17, 15) is 9.18 Å². The van der Waals surface area contributed by atoms with Crippen molar-refractivity contribution in [3.8, 4) is 17.1 Å². The van der Waals surface area contributed by atoms with Gasteiger partial charge in [0.05, 0.1) is 5.75 Å². The average Bonchev–Trinajstić information content (AvgIpc) is 3.20. The fourth-order valence-corrected chi connectivity index (χ4v) is 3.89. The number of hydrogen-bond acceptors (Lipinski definition) is 5. The summed E-state index contributed by atoms with van der Waals surface area (Å²) in [6, 6.07) is 16.1. The van der Waals surface area contributed by atoms with Crippen molar-refractivity contribution < 1.29 is 9.18 Å². The predicted molar refractivity (Wildman–Crippen MR) is 123 cm³/mol. The Morgan fingerprint density at radius 1 is 1.10 bits per heavy atom. The summed E-state index contributed by atoms with van der Waals surface area (Å²) < 4.78 is 16.6. The van der Waals surface area contributed by atoms with Gasteiger partial charge in [-0.05, 0) is 61.0 Å². The van der Waals surface area contributed by atoms with E-state index in [-0.39, 0.29) is 17.5 Å². The van der Waals surface area contributed by atoms with Gasteiger partial charge in [-0.1, -0.05) is 33.8 Å². The Morgan fingerprint density at radius 2 is 1.84 bits per heavy atom. The molecule has 0 radical (unpaired) electrons. The smallest absolute Gasteiger partial charge is 0.234 e. The number of carbonyl (C=O) groups is 1. The van der Waals surface area contributed by atoms with Gasteiger partial charge in [0.1, 0.15) is 5.82 Å². The molecule has 0 aliphatic rings. The molecule has 0 bridgehead atoms. The molecule has 0 unspecified atom stereocenters. The summed E-state index contributed by atoms with van der Waals surface area (Å²) in [6.45, 7) is 1.67. The molecule has 0 aliphatic carbocycles. The van der Waals surface area contributed by atoms with E-state index >= 15 is 0 Å². The number of nitrogens with zero attached hydrogens (tertiary/aromatic N) is 4. The number of thioether (sulfide) groups is 1. The van der Waals surface area contributed by atoms with Gasteiger partial charge in [0.2, 0.25) is 5.91 Å². The van der Waals surface area contributed by atoms with E-state index in [1.165, 1.54) is 17.8 Å². The Balaban J connectivity index is 1.57. The molecular weight excluding hydrogens is 481 g/mol. The van der Waals surface area contributed by atoms with Crippen LogP contribution in [0.3, 0.4) is 0 Å². The molecular formula is C22H17BrFN5OS. The highest BCUT2D eigenvalue weighted by Gasteiger charge is 2.17. The summed E-state index contributed by atoms with van der Waals surface area (Å²) in [4.78, 5) is 16.5. The molecule has 4 rings (SSSR count). The van der Waals surface area contributed by atoms with Crippen molar-refractivity contribution in [2.45, 2.75) is 12.1 Å². The van der Waals surface area contributed by atoms with E-state index in [1.54, 1.807) is 31.5 Å². The van der Waals surface area contributed by atoms with Gasteiger partial charge in [-0.3, -0.25) is 14.3 Å². The van der Waals surface area contributed by atoms with Crippen molar-refractivity contribution in [3.63, 3.8) is 0 Å². The number of hydrogen-bond donors (Lipinski definition) is 1. The Morgan fingerprint density at radius 3 is 2.55 bits per heavy atom. The number of rotatable bonds is 6. The minimum absolute atomic E-state index is 0.0977. The minimum Gasteiger partial charge on any atom is -0.325 e. The molecule has 156 valence electrons. The Labute approximate surface area is 191 Å². The highest BCUT2D eigenvalue weighted by molar-refractivity contribution is 9.10. The molecule has 0 aliphatic heterocycles. The molecule has 0 spiro atoms. The second-order valence-electron chi connectivity index (χ2n) is 6.65. The van der Waals surface area contributed by atoms with Crippen LogP contribution >= 0.6 is 27.7 Å². The van der Waals surface area contributed by atoms with Gasteiger partial charge in [0.25, 0.3) is 0 Å². The van der Waals surface area contributed by atoms with Crippen molar-refractivity contribution in [1.29, 1.82) is 0 Å². The summed E-state index contributed by atoms with van der Waals surface area (Å²) in [6.07, 6.45) is 3.38. The lowest BCUT2D eigenvalue weighted by molar-refractivity contribution is -0.113. The standard InChI is InChI=1S/C22H17BrFN5OS/c1-14-2-5-17(12-19(14)24)26-20(30)13-31-22-28-27-21(15-8-10-25-11-9-15)29(22)18-6-3-16(23)4-7-18/h2-12H,13H2,1H3,(H,26,30). The zero-order chi connectivity index (χ0) is 21.8. The lowest BCUT2D eigenvalue weighted by Crippen LogP contribution is -2.14. The molecule has 2 aromatic carbocycles. The zero-order valence-electron chi connectivity index (χ0n) is 16.4. The van der Waals surface area contributed by atoms with Crippen LogP contribution in [-0.4, -0.2) is 31.4 Å². The number of aromatic nitrogens is 4. The largest absolute Gasteiger partial charge is 0.325 e. The SMILES string of the molecule is Cc1ccc(NC(=O)CSc2nnc(-c3ccncc3)n2-c2ccc(Br)cc2)cc1F. The maximum Gasteiger partial charge on any atom is 0.234 e. The third-order valence-corrected chi connectivity index (χ3v) is 5.90. The van der Waals surface area contributed by atoms with E-state index in [0.29, 0.717) is 22.2 Å². The number of benzene rings is 2. The van der Waals surface area contributed by atoms with Crippen LogP contribution in [0.1, 0.15) is 5.56 Å². The number of aryl methyl sites for hydroxylation is 1. The molecule has 6 nitrogen and oxygen atoms in total. The molecule has 0 atom stereocenters. The summed E-state index contributed by atoms with van der Waals surface area (Å²) >= 11 is 4.70. The quantitative estimate of drug-likeness (QED) is 0.367. The van der Waals surface area contributed by atoms with E-state index in [2.05, 4.69) is 36.4 Å². The summed E-state index contributed by atoms with van der Waals surface area (Å²) in [5.41, 5.74) is 2.67. The fraction of sp³-hybridized carbons (Fsp3) is 0.0909. The molecule has 0 fully saturated rings. The molecule has 9 heteroatoms. The van der Waals surface area contributed by atoms with Gasteiger partial charge in [0, 0.05) is 33.8 Å². The van der Waals surface area contributed by atoms with Crippen LogP contribution in [0.5, 0.6) is 0 Å². The maximum absolute atomic E-state index is 13.7. The molecule has 1 amide bonds. The zero-order valence-corrected chi connectivity index (χ0v) is 18.8. The van der Waals surface area contributed by atoms with E-state index in [1.807, 2.05) is 41.0 Å². The van der Waals surface area contributed by atoms with Crippen LogP contribution < -0.4 is 5.32 Å². The second kappa shape index (κ2) is 9.40. The third kappa shape index (κ3) is 5.00. The minimum atomic E-state index is -0.359. The summed E-state index contributed by atoms with van der Waals surface area (Å²) in [7, 11) is 0. The van der Waals surface area contributed by atoms with Gasteiger partial charge in [0.15, 0.2) is 11.0 Å². The van der Waals surface area contributed by atoms with Crippen LogP contribution in [0.4, 0.5) is 10.1 Å². The highest BCUT2D eigenvalue weighted by Crippen LogP contribution is 2.28. The first-order chi connectivity index (χ1) is 15.0. The van der Waals surface area contributed by atoms with Gasteiger partial charge in [-0.2, -0.15) is 0 Å². The number of halogens is 2. The fourth-order valence-electron chi connectivity index (χ4n) is 2.87. The Bertz CT molecular complexity index is 1210. The van der Waals surface area contributed by atoms with E-state index < -0.39 is 0 Å². The lowest BCUT2D eigenvalue weighted by Gasteiger charge is -2.11. The van der Waals surface area contributed by atoms with Crippen LogP contribution in [0.2, 0.25) is 0 Å². The van der Waals surface area contributed by atoms with E-state index in [0.717, 1.165) is 15.7 Å². The average molecular weight is 498 g/mol. The predicted octanol–water partition coefficient (Wildman–Crippen LogP) is 5.27. The lowest BCUT2D eigenvalue weighted by atomic mass is 10.2. The van der Waals surface area contributed by atoms with Crippen LogP contribution in [0.25, 0.3) is 17.1 Å². The first-order valence-corrected chi connectivity index (χ1v) is 11.1. The first kappa shape index (κ1) is 21.2. The molecule has 2 aromatic heterocycles. The molecule has 2 heterocycles. The molecule has 0 saturated carbocycles. The van der Waals surface area contributed by atoms with E-state index in [4.69, 9.17) is 0 Å². The van der Waals surface area contributed by atoms with Gasteiger partial charge in [-0.15, -0.1) is 10.2 Å². The van der Waals surface area contributed by atoms with Crippen LogP contribution in [0.15, 0.2) is 76.6 Å². The molecule has 1 N–H and O–H groups in total. The Hall–Kier alpha value is -3.04. The number of anilines is 1. The third-order valence-electron chi connectivity index (χ3n) is 4.44. The highest BCUT2D eigenvalue weighted by atomic mass is 79.9. The van der Waals surface area contributed by atoms with Crippen molar-refractivity contribution in [1.82, 2.24) is 19.7 Å². The van der Waals surface area contributed by atoms with Crippen molar-refractivity contribution >= 4 is 39.3 Å². The first-order valence-electron chi connectivity index (χ1n) is 9.32. The number of amides is 1. The monoisotopic (exact) mass is 497 g/mol. The van der Waals surface area contributed by atoms with Crippen molar-refractivity contribution in [3.05, 3.63) is 82.8 Å². The van der Waals surface area contributed by atoms with Crippen molar-refractivity contribution in [2.24, 2.45) is 0 Å². The van der Waals surface area contributed by atoms with Gasteiger partial charge in [-0.25, -0.2) is 4.39 Å². The van der Waals surface area contributed by atoms with Gasteiger partial charge < -0.3 is 5.32 Å². The topological polar surface area (TPSA) is 72.7 Å². The summed E-state index contributed by atoms with van der Waals surface area (Å²) in [5, 5.41) is 11.9. The molecule has 4 aromatic rings. The normalized spacial score (nSPS) is 10.8. The van der Waals surface area contributed by atoms with Crippen LogP contribution in [0, 0.1) is 12.7 Å². The summed E-state index contributed by atoms with van der Waals surface area (Å²) in [5.74, 6) is 0.125. The number of nitrogens with one attached hydrogen (secondary N) is 1. The van der Waals surface area contributed by atoms with Crippen molar-refractivity contribution in [2.75, 3.05) is 11.1 Å². The number of carbonyl (C=O) groups excluding carboxylic acids is 1. The number of pyridine rings is 1.